The van der Waals surface area contributed by atoms with Crippen LogP contribution in [0.5, 0.6) is 0 Å². The number of hydrogen-bond acceptors (Lipinski definition) is 2. The van der Waals surface area contributed by atoms with Crippen molar-refractivity contribution in [2.45, 2.75) is 19.0 Å². The van der Waals surface area contributed by atoms with Gasteiger partial charge in [-0.05, 0) is 12.8 Å². The molecule has 16 heavy (non-hydrogen) atoms. The number of carbonyl (C=O) groups excluding carboxylic acids is 1. The minimum absolute atomic E-state index is 0.0910. The maximum atomic E-state index is 11.8. The smallest absolute Gasteiger partial charge is 0.329 e. The predicted octanol–water partition coefficient (Wildman–Crippen LogP) is 1.49. The number of nitrogens with one attached hydrogen (secondary N) is 1. The van der Waals surface area contributed by atoms with Crippen LogP contribution in [0, 0.1) is 17.2 Å². The van der Waals surface area contributed by atoms with E-state index in [1.807, 2.05) is 0 Å². The summed E-state index contributed by atoms with van der Waals surface area (Å²) in [6, 6.07) is 1.37. The number of hydrogen-bond donors (Lipinski definition) is 1. The lowest BCUT2D eigenvalue weighted by molar-refractivity contribution is -0.123. The van der Waals surface area contributed by atoms with Crippen LogP contribution in [0.1, 0.15) is 12.8 Å². The van der Waals surface area contributed by atoms with E-state index in [-0.39, 0.29) is 5.92 Å². The molecule has 1 saturated heterocycles. The van der Waals surface area contributed by atoms with Crippen molar-refractivity contribution in [3.8, 4) is 6.07 Å². The van der Waals surface area contributed by atoms with Crippen molar-refractivity contribution in [1.29, 1.82) is 5.26 Å². The second kappa shape index (κ2) is 5.05. The van der Waals surface area contributed by atoms with Crippen LogP contribution in [0.3, 0.4) is 0 Å². The summed E-state index contributed by atoms with van der Waals surface area (Å²) >= 11 is 0. The average molecular weight is 235 g/mol. The number of amides is 2. The van der Waals surface area contributed by atoms with Gasteiger partial charge in [0.15, 0.2) is 0 Å². The summed E-state index contributed by atoms with van der Waals surface area (Å²) in [4.78, 5) is 12.6. The highest BCUT2D eigenvalue weighted by Crippen LogP contribution is 2.16. The molecular weight excluding hydrogens is 223 g/mol. The number of likely N-dealkylation sites (tertiary alicyclic amines) is 1. The van der Waals surface area contributed by atoms with Gasteiger partial charge in [-0.3, -0.25) is 0 Å². The van der Waals surface area contributed by atoms with Crippen LogP contribution in [0.4, 0.5) is 18.0 Å². The summed E-state index contributed by atoms with van der Waals surface area (Å²) in [6.07, 6.45) is -3.34. The van der Waals surface area contributed by atoms with Gasteiger partial charge in [0.05, 0.1) is 6.07 Å². The van der Waals surface area contributed by atoms with Gasteiger partial charge in [-0.2, -0.15) is 18.4 Å². The van der Waals surface area contributed by atoms with Crippen molar-refractivity contribution in [3.05, 3.63) is 0 Å². The first kappa shape index (κ1) is 12.6. The number of piperidine rings is 1. The highest BCUT2D eigenvalue weighted by atomic mass is 19.4. The van der Waals surface area contributed by atoms with Gasteiger partial charge < -0.3 is 10.2 Å². The molecule has 0 aliphatic carbocycles. The second-order valence-electron chi connectivity index (χ2n) is 3.66. The summed E-state index contributed by atoms with van der Waals surface area (Å²) in [5, 5.41) is 10.4. The SMILES string of the molecule is N#CC1CCN(C(=O)NCC(F)(F)F)CC1. The zero-order valence-electron chi connectivity index (χ0n) is 8.55. The molecule has 0 saturated carbocycles. The van der Waals surface area contributed by atoms with Gasteiger partial charge in [-0.15, -0.1) is 0 Å². The minimum atomic E-state index is -4.39. The van der Waals surface area contributed by atoms with Crippen LogP contribution in [-0.2, 0) is 0 Å². The van der Waals surface area contributed by atoms with Crippen molar-refractivity contribution in [1.82, 2.24) is 10.2 Å². The summed E-state index contributed by atoms with van der Waals surface area (Å²) < 4.78 is 35.5. The van der Waals surface area contributed by atoms with E-state index in [1.165, 1.54) is 4.90 Å². The van der Waals surface area contributed by atoms with Crippen LogP contribution >= 0.6 is 0 Å². The molecule has 1 aliphatic rings. The summed E-state index contributed by atoms with van der Waals surface area (Å²) in [7, 11) is 0. The molecule has 1 rings (SSSR count). The molecule has 0 bridgehead atoms. The third kappa shape index (κ3) is 3.96. The number of nitriles is 1. The maximum Gasteiger partial charge on any atom is 0.405 e. The summed E-state index contributed by atoms with van der Waals surface area (Å²) in [6.45, 7) is -0.645. The van der Waals surface area contributed by atoms with Crippen LogP contribution in [0.25, 0.3) is 0 Å². The lowest BCUT2D eigenvalue weighted by Gasteiger charge is -2.29. The van der Waals surface area contributed by atoms with Crippen LogP contribution in [-0.4, -0.2) is 36.7 Å². The van der Waals surface area contributed by atoms with E-state index in [0.717, 1.165) is 0 Å². The predicted molar refractivity (Wildman–Crippen MR) is 49.4 cm³/mol. The zero-order chi connectivity index (χ0) is 12.2. The van der Waals surface area contributed by atoms with Crippen molar-refractivity contribution in [2.24, 2.45) is 5.92 Å². The van der Waals surface area contributed by atoms with Gasteiger partial charge in [0.2, 0.25) is 0 Å². The first-order valence-electron chi connectivity index (χ1n) is 4.91. The fourth-order valence-electron chi connectivity index (χ4n) is 1.50. The van der Waals surface area contributed by atoms with Crippen molar-refractivity contribution in [2.75, 3.05) is 19.6 Å². The Balaban J connectivity index is 2.31. The molecule has 1 aliphatic heterocycles. The van der Waals surface area contributed by atoms with Gasteiger partial charge >= 0.3 is 12.2 Å². The maximum absolute atomic E-state index is 11.8. The number of halogens is 3. The molecule has 2 amide bonds. The molecule has 0 aromatic rings. The Hall–Kier alpha value is -1.45. The quantitative estimate of drug-likeness (QED) is 0.748. The molecule has 0 aromatic heterocycles. The van der Waals surface area contributed by atoms with Gasteiger partial charge in [-0.1, -0.05) is 0 Å². The first-order chi connectivity index (χ1) is 7.42. The highest BCUT2D eigenvalue weighted by molar-refractivity contribution is 5.74. The standard InChI is InChI=1S/C9H12F3N3O/c10-9(11,12)6-14-8(16)15-3-1-7(5-13)2-4-15/h7H,1-4,6H2,(H,14,16). The van der Waals surface area contributed by atoms with Gasteiger partial charge in [0.25, 0.3) is 0 Å². The molecule has 7 heteroatoms. The largest absolute Gasteiger partial charge is 0.405 e. The molecule has 0 aromatic carbocycles. The average Bonchev–Trinajstić information content (AvgIpc) is 2.25. The monoisotopic (exact) mass is 235 g/mol. The fourth-order valence-corrected chi connectivity index (χ4v) is 1.50. The third-order valence-corrected chi connectivity index (χ3v) is 2.40. The topological polar surface area (TPSA) is 56.1 Å². The molecule has 0 atom stereocenters. The molecule has 4 nitrogen and oxygen atoms in total. The molecule has 1 N–H and O–H groups in total. The van der Waals surface area contributed by atoms with E-state index in [4.69, 9.17) is 5.26 Å². The summed E-state index contributed by atoms with van der Waals surface area (Å²) in [5.74, 6) is -0.0910. The van der Waals surface area contributed by atoms with E-state index in [1.54, 1.807) is 5.32 Å². The number of carbonyl (C=O) groups is 1. The zero-order valence-corrected chi connectivity index (χ0v) is 8.55. The lowest BCUT2D eigenvalue weighted by Crippen LogP contribution is -2.46. The Bertz CT molecular complexity index is 289. The Kier molecular flexibility index (Phi) is 3.99. The molecule has 1 heterocycles. The molecule has 90 valence electrons. The molecular formula is C9H12F3N3O. The summed E-state index contributed by atoms with van der Waals surface area (Å²) in [5.41, 5.74) is 0. The van der Waals surface area contributed by atoms with Gasteiger partial charge in [0, 0.05) is 19.0 Å². The Morgan fingerprint density at radius 2 is 2.00 bits per heavy atom. The van der Waals surface area contributed by atoms with Crippen molar-refractivity contribution >= 4 is 6.03 Å². The number of alkyl halides is 3. The molecule has 0 unspecified atom stereocenters. The minimum Gasteiger partial charge on any atom is -0.329 e. The first-order valence-corrected chi connectivity index (χ1v) is 4.91. The van der Waals surface area contributed by atoms with E-state index >= 15 is 0 Å². The van der Waals surface area contributed by atoms with E-state index in [9.17, 15) is 18.0 Å². The van der Waals surface area contributed by atoms with E-state index < -0.39 is 18.8 Å². The van der Waals surface area contributed by atoms with Gasteiger partial charge in [-0.25, -0.2) is 4.79 Å². The van der Waals surface area contributed by atoms with Gasteiger partial charge in [0.1, 0.15) is 6.54 Å². The Morgan fingerprint density at radius 3 is 2.44 bits per heavy atom. The molecule has 1 fully saturated rings. The normalized spacial score (nSPS) is 18.0. The number of urea groups is 1. The Morgan fingerprint density at radius 1 is 1.44 bits per heavy atom. The number of rotatable bonds is 1. The van der Waals surface area contributed by atoms with E-state index in [0.29, 0.717) is 25.9 Å². The molecule has 0 spiro atoms. The lowest BCUT2D eigenvalue weighted by atomic mass is 9.99. The third-order valence-electron chi connectivity index (χ3n) is 2.40. The van der Waals surface area contributed by atoms with Crippen molar-refractivity contribution in [3.63, 3.8) is 0 Å². The van der Waals surface area contributed by atoms with E-state index in [2.05, 4.69) is 6.07 Å². The van der Waals surface area contributed by atoms with Crippen molar-refractivity contribution < 1.29 is 18.0 Å². The highest BCUT2D eigenvalue weighted by Gasteiger charge is 2.29. The Labute approximate surface area is 91.0 Å². The fraction of sp³-hybridized carbons (Fsp3) is 0.778. The molecule has 0 radical (unpaired) electrons. The second-order valence-corrected chi connectivity index (χ2v) is 3.66. The van der Waals surface area contributed by atoms with Crippen LogP contribution in [0.2, 0.25) is 0 Å². The number of nitrogens with zero attached hydrogens (tertiary/aromatic N) is 2. The van der Waals surface area contributed by atoms with Crippen LogP contribution in [0.15, 0.2) is 0 Å². The van der Waals surface area contributed by atoms with Crippen LogP contribution < -0.4 is 5.32 Å².